The molecule has 0 aliphatic heterocycles. The molecule has 0 saturated carbocycles. The molecular weight excluding hydrogens is 350 g/mol. The zero-order valence-corrected chi connectivity index (χ0v) is 15.2. The van der Waals surface area contributed by atoms with E-state index in [1.807, 2.05) is 25.1 Å². The van der Waals surface area contributed by atoms with E-state index in [1.54, 1.807) is 49.7 Å². The highest BCUT2D eigenvalue weighted by Gasteiger charge is 2.07. The van der Waals surface area contributed by atoms with Gasteiger partial charge in [-0.3, -0.25) is 4.79 Å². The van der Waals surface area contributed by atoms with E-state index in [2.05, 4.69) is 15.6 Å². The highest BCUT2D eigenvalue weighted by Crippen LogP contribution is 2.24. The van der Waals surface area contributed by atoms with E-state index in [1.165, 1.54) is 0 Å². The summed E-state index contributed by atoms with van der Waals surface area (Å²) in [4.78, 5) is 16.6. The molecule has 1 aromatic heterocycles. The monoisotopic (exact) mass is 367 g/mol. The van der Waals surface area contributed by atoms with Crippen molar-refractivity contribution in [3.63, 3.8) is 0 Å². The van der Waals surface area contributed by atoms with Gasteiger partial charge in [-0.25, -0.2) is 4.98 Å². The molecule has 3 aromatic rings. The van der Waals surface area contributed by atoms with Crippen molar-refractivity contribution >= 4 is 34.7 Å². The molecule has 6 heteroatoms. The Kier molecular flexibility index (Phi) is 5.39. The van der Waals surface area contributed by atoms with Crippen LogP contribution in [-0.2, 0) is 0 Å². The average molecular weight is 368 g/mol. The second-order valence-electron chi connectivity index (χ2n) is 5.70. The fourth-order valence-electron chi connectivity index (χ4n) is 2.35. The minimum absolute atomic E-state index is 0.208. The molecule has 1 amide bonds. The summed E-state index contributed by atoms with van der Waals surface area (Å²) in [7, 11) is 1.58. The maximum atomic E-state index is 12.3. The normalized spacial score (nSPS) is 10.3. The van der Waals surface area contributed by atoms with Gasteiger partial charge in [-0.1, -0.05) is 17.7 Å². The lowest BCUT2D eigenvalue weighted by molar-refractivity contribution is 0.102. The summed E-state index contributed by atoms with van der Waals surface area (Å²) in [6.45, 7) is 1.99. The van der Waals surface area contributed by atoms with Crippen LogP contribution in [-0.4, -0.2) is 18.0 Å². The van der Waals surface area contributed by atoms with Gasteiger partial charge in [0.05, 0.1) is 19.0 Å². The van der Waals surface area contributed by atoms with Crippen molar-refractivity contribution in [3.8, 4) is 5.75 Å². The number of methoxy groups -OCH3 is 1. The largest absolute Gasteiger partial charge is 0.497 e. The molecule has 0 bridgehead atoms. The van der Waals surface area contributed by atoms with Crippen LogP contribution in [0, 0.1) is 6.92 Å². The molecule has 0 spiro atoms. The predicted octanol–water partition coefficient (Wildman–Crippen LogP) is 5.05. The van der Waals surface area contributed by atoms with E-state index in [0.717, 1.165) is 11.3 Å². The molecule has 1 heterocycles. The van der Waals surface area contributed by atoms with Crippen molar-refractivity contribution < 1.29 is 9.53 Å². The van der Waals surface area contributed by atoms with Crippen LogP contribution < -0.4 is 15.4 Å². The fraction of sp³-hybridized carbons (Fsp3) is 0.100. The Morgan fingerprint density at radius 1 is 1.08 bits per heavy atom. The van der Waals surface area contributed by atoms with Gasteiger partial charge >= 0.3 is 0 Å². The van der Waals surface area contributed by atoms with Gasteiger partial charge in [-0.2, -0.15) is 0 Å². The fourth-order valence-corrected chi connectivity index (χ4v) is 2.53. The lowest BCUT2D eigenvalue weighted by Crippen LogP contribution is -2.12. The number of nitrogens with one attached hydrogen (secondary N) is 2. The third kappa shape index (κ3) is 4.32. The number of carbonyl (C=O) groups excluding carboxylic acids is 1. The lowest BCUT2D eigenvalue weighted by atomic mass is 10.2. The number of carbonyl (C=O) groups is 1. The van der Waals surface area contributed by atoms with E-state index >= 15 is 0 Å². The van der Waals surface area contributed by atoms with Gasteiger partial charge in [0.1, 0.15) is 11.6 Å². The Bertz CT molecular complexity index is 909. The first-order valence-corrected chi connectivity index (χ1v) is 8.37. The van der Waals surface area contributed by atoms with Crippen LogP contribution in [0.5, 0.6) is 5.75 Å². The number of aromatic nitrogens is 1. The maximum absolute atomic E-state index is 12.3. The third-order valence-corrected chi connectivity index (χ3v) is 4.07. The van der Waals surface area contributed by atoms with Gasteiger partial charge in [-0.05, 0) is 61.0 Å². The van der Waals surface area contributed by atoms with Crippen molar-refractivity contribution in [3.05, 3.63) is 76.9 Å². The van der Waals surface area contributed by atoms with Crippen LogP contribution in [0.3, 0.4) is 0 Å². The number of rotatable bonds is 5. The summed E-state index contributed by atoms with van der Waals surface area (Å²) in [6, 6.07) is 16.1. The van der Waals surface area contributed by atoms with E-state index in [4.69, 9.17) is 16.3 Å². The zero-order chi connectivity index (χ0) is 18.5. The van der Waals surface area contributed by atoms with Crippen LogP contribution in [0.2, 0.25) is 5.02 Å². The molecule has 2 aromatic carbocycles. The Morgan fingerprint density at radius 3 is 2.50 bits per heavy atom. The third-order valence-electron chi connectivity index (χ3n) is 3.84. The zero-order valence-electron chi connectivity index (χ0n) is 14.4. The molecule has 0 unspecified atom stereocenters. The SMILES string of the molecule is COc1ccc(C(=O)Nc2ccc(Nc3cc(Cl)ccc3C)nc2)cc1. The van der Waals surface area contributed by atoms with Crippen LogP contribution in [0.25, 0.3) is 0 Å². The minimum Gasteiger partial charge on any atom is -0.497 e. The molecule has 0 saturated heterocycles. The minimum atomic E-state index is -0.208. The highest BCUT2D eigenvalue weighted by atomic mass is 35.5. The maximum Gasteiger partial charge on any atom is 0.255 e. The van der Waals surface area contributed by atoms with Gasteiger partial charge in [0, 0.05) is 16.3 Å². The Balaban J connectivity index is 1.67. The van der Waals surface area contributed by atoms with E-state index in [9.17, 15) is 4.79 Å². The summed E-state index contributed by atoms with van der Waals surface area (Å²) >= 11 is 6.03. The molecule has 0 atom stereocenters. The van der Waals surface area contributed by atoms with Crippen LogP contribution in [0.1, 0.15) is 15.9 Å². The lowest BCUT2D eigenvalue weighted by Gasteiger charge is -2.10. The number of ether oxygens (including phenoxy) is 1. The summed E-state index contributed by atoms with van der Waals surface area (Å²) in [5, 5.41) is 6.69. The number of halogens is 1. The van der Waals surface area contributed by atoms with Crippen LogP contribution in [0.15, 0.2) is 60.8 Å². The molecule has 0 fully saturated rings. The van der Waals surface area contributed by atoms with Gasteiger partial charge in [0.2, 0.25) is 0 Å². The number of hydrogen-bond acceptors (Lipinski definition) is 4. The molecule has 0 aliphatic carbocycles. The van der Waals surface area contributed by atoms with Crippen LogP contribution in [0.4, 0.5) is 17.2 Å². The summed E-state index contributed by atoms with van der Waals surface area (Å²) in [5.41, 5.74) is 3.11. The van der Waals surface area contributed by atoms with E-state index in [0.29, 0.717) is 27.8 Å². The highest BCUT2D eigenvalue weighted by molar-refractivity contribution is 6.30. The topological polar surface area (TPSA) is 63.2 Å². The van der Waals surface area contributed by atoms with Crippen LogP contribution >= 0.6 is 11.6 Å². The molecule has 2 N–H and O–H groups in total. The van der Waals surface area contributed by atoms with Gasteiger partial charge in [0.15, 0.2) is 0 Å². The van der Waals surface area contributed by atoms with E-state index in [-0.39, 0.29) is 5.91 Å². The molecule has 132 valence electrons. The second kappa shape index (κ2) is 7.89. The summed E-state index contributed by atoms with van der Waals surface area (Å²) < 4.78 is 5.09. The Morgan fingerprint density at radius 2 is 1.85 bits per heavy atom. The van der Waals surface area contributed by atoms with Crippen molar-refractivity contribution in [1.82, 2.24) is 4.98 Å². The smallest absolute Gasteiger partial charge is 0.255 e. The number of anilines is 3. The van der Waals surface area contributed by atoms with Crippen molar-refractivity contribution in [2.45, 2.75) is 6.92 Å². The molecular formula is C20H18ClN3O2. The number of aryl methyl sites for hydroxylation is 1. The number of pyridine rings is 1. The van der Waals surface area contributed by atoms with Gasteiger partial charge in [0.25, 0.3) is 5.91 Å². The van der Waals surface area contributed by atoms with E-state index < -0.39 is 0 Å². The number of benzene rings is 2. The number of amides is 1. The standard InChI is InChI=1S/C20H18ClN3O2/c1-13-3-6-15(21)11-18(13)24-19-10-7-16(12-22-19)23-20(25)14-4-8-17(26-2)9-5-14/h3-12H,1-2H3,(H,22,24)(H,23,25). The summed E-state index contributed by atoms with van der Waals surface area (Å²) in [6.07, 6.45) is 1.60. The molecule has 3 rings (SSSR count). The summed E-state index contributed by atoms with van der Waals surface area (Å²) in [5.74, 6) is 1.16. The first-order chi connectivity index (χ1) is 12.5. The molecule has 26 heavy (non-hydrogen) atoms. The number of nitrogens with zero attached hydrogens (tertiary/aromatic N) is 1. The molecule has 5 nitrogen and oxygen atoms in total. The quantitative estimate of drug-likeness (QED) is 0.662. The predicted molar refractivity (Wildman–Crippen MR) is 105 cm³/mol. The molecule has 0 aliphatic rings. The first kappa shape index (κ1) is 17.8. The average Bonchev–Trinajstić information content (AvgIpc) is 2.66. The van der Waals surface area contributed by atoms with Gasteiger partial charge in [-0.15, -0.1) is 0 Å². The number of hydrogen-bond donors (Lipinski definition) is 2. The molecule has 0 radical (unpaired) electrons. The Hall–Kier alpha value is -3.05. The first-order valence-electron chi connectivity index (χ1n) is 8.00. The second-order valence-corrected chi connectivity index (χ2v) is 6.14. The van der Waals surface area contributed by atoms with Crippen molar-refractivity contribution in [1.29, 1.82) is 0 Å². The van der Waals surface area contributed by atoms with Crippen molar-refractivity contribution in [2.24, 2.45) is 0 Å². The van der Waals surface area contributed by atoms with Crippen molar-refractivity contribution in [2.75, 3.05) is 17.7 Å². The van der Waals surface area contributed by atoms with Gasteiger partial charge < -0.3 is 15.4 Å². The Labute approximate surface area is 157 Å².